The number of likely N-dealkylation sites (N-methyl/N-ethyl adjacent to an activating group) is 1. The van der Waals surface area contributed by atoms with E-state index in [2.05, 4.69) is 32.5 Å². The molecule has 0 aliphatic rings. The minimum absolute atomic E-state index is 0.172. The van der Waals surface area contributed by atoms with Crippen LogP contribution in [0, 0.1) is 0 Å². The first kappa shape index (κ1) is 22.6. The lowest BCUT2D eigenvalue weighted by Crippen LogP contribution is -2.30. The highest BCUT2D eigenvalue weighted by Gasteiger charge is 2.13. The molecule has 3 aromatic heterocycles. The molecule has 166 valence electrons. The predicted molar refractivity (Wildman–Crippen MR) is 122 cm³/mol. The van der Waals surface area contributed by atoms with Gasteiger partial charge in [0.25, 0.3) is 5.56 Å². The van der Waals surface area contributed by atoms with Gasteiger partial charge in [-0.05, 0) is 25.1 Å². The molecule has 0 saturated heterocycles. The minimum Gasteiger partial charge on any atom is -0.481 e. The van der Waals surface area contributed by atoms with Crippen LogP contribution in [0.3, 0.4) is 0 Å². The zero-order valence-electron chi connectivity index (χ0n) is 18.4. The summed E-state index contributed by atoms with van der Waals surface area (Å²) in [6, 6.07) is 5.54. The van der Waals surface area contributed by atoms with E-state index in [1.54, 1.807) is 30.1 Å². The second kappa shape index (κ2) is 11.4. The fourth-order valence-electron chi connectivity index (χ4n) is 3.14. The third kappa shape index (κ3) is 5.77. The first-order valence-electron chi connectivity index (χ1n) is 10.6. The Morgan fingerprint density at radius 3 is 2.68 bits per heavy atom. The van der Waals surface area contributed by atoms with Crippen LogP contribution in [-0.4, -0.2) is 59.5 Å². The summed E-state index contributed by atoms with van der Waals surface area (Å²) in [5.41, 5.74) is 2.72. The Labute approximate surface area is 181 Å². The number of nitrogens with one attached hydrogen (secondary N) is 2. The molecule has 31 heavy (non-hydrogen) atoms. The molecule has 0 unspecified atom stereocenters. The number of ether oxygens (including phenoxy) is 2. The summed E-state index contributed by atoms with van der Waals surface area (Å²) in [6.07, 6.45) is 4.32. The number of hydrogen-bond donors (Lipinski definition) is 2. The molecule has 9 heteroatoms. The smallest absolute Gasteiger partial charge is 0.293 e. The molecule has 0 aliphatic heterocycles. The van der Waals surface area contributed by atoms with Crippen molar-refractivity contribution in [3.8, 4) is 17.1 Å². The molecule has 0 radical (unpaired) electrons. The summed E-state index contributed by atoms with van der Waals surface area (Å²) in [5.74, 6) is 0.853. The standard InChI is InChI=1S/C22H30N6O3/c1-4-11-31-12-10-28-19-13-17(16-6-7-20(30-3)26-14-16)25-15-18(19)27-21(22(28)29)24-9-8-23-5-2/h6-7,13-15,23H,4-5,8-12H2,1-3H3,(H,24,27). The maximum Gasteiger partial charge on any atom is 0.293 e. The van der Waals surface area contributed by atoms with Crippen LogP contribution in [0.2, 0.25) is 0 Å². The molecule has 0 bridgehead atoms. The predicted octanol–water partition coefficient (Wildman–Crippen LogP) is 2.31. The number of pyridine rings is 2. The van der Waals surface area contributed by atoms with Crippen molar-refractivity contribution >= 4 is 16.9 Å². The van der Waals surface area contributed by atoms with Crippen molar-refractivity contribution in [2.24, 2.45) is 0 Å². The van der Waals surface area contributed by atoms with E-state index in [4.69, 9.17) is 9.47 Å². The molecule has 0 spiro atoms. The van der Waals surface area contributed by atoms with Crippen LogP contribution in [-0.2, 0) is 11.3 Å². The van der Waals surface area contributed by atoms with Crippen molar-refractivity contribution in [2.75, 3.05) is 45.3 Å². The summed E-state index contributed by atoms with van der Waals surface area (Å²) in [4.78, 5) is 26.5. The fourth-order valence-corrected chi connectivity index (χ4v) is 3.14. The van der Waals surface area contributed by atoms with E-state index in [9.17, 15) is 4.79 Å². The highest BCUT2D eigenvalue weighted by atomic mass is 16.5. The maximum absolute atomic E-state index is 13.2. The molecule has 3 heterocycles. The Balaban J connectivity index is 1.97. The fraction of sp³-hybridized carbons (Fsp3) is 0.455. The number of methoxy groups -OCH3 is 1. The third-order valence-electron chi connectivity index (χ3n) is 4.73. The van der Waals surface area contributed by atoms with Crippen molar-refractivity contribution in [3.63, 3.8) is 0 Å². The number of aromatic nitrogens is 4. The number of rotatable bonds is 12. The molecule has 9 nitrogen and oxygen atoms in total. The summed E-state index contributed by atoms with van der Waals surface area (Å²) >= 11 is 0. The lowest BCUT2D eigenvalue weighted by molar-refractivity contribution is 0.127. The monoisotopic (exact) mass is 426 g/mol. The van der Waals surface area contributed by atoms with Gasteiger partial charge in [0.2, 0.25) is 5.88 Å². The number of hydrogen-bond acceptors (Lipinski definition) is 8. The van der Waals surface area contributed by atoms with E-state index in [-0.39, 0.29) is 5.56 Å². The van der Waals surface area contributed by atoms with Crippen molar-refractivity contribution in [1.82, 2.24) is 24.8 Å². The summed E-state index contributed by atoms with van der Waals surface area (Å²) in [5, 5.41) is 6.37. The highest BCUT2D eigenvalue weighted by molar-refractivity contribution is 5.80. The molecule has 0 fully saturated rings. The van der Waals surface area contributed by atoms with Gasteiger partial charge in [-0.25, -0.2) is 9.97 Å². The van der Waals surface area contributed by atoms with E-state index in [0.717, 1.165) is 25.1 Å². The number of nitrogens with zero attached hydrogens (tertiary/aromatic N) is 4. The average Bonchev–Trinajstić information content (AvgIpc) is 2.81. The van der Waals surface area contributed by atoms with Gasteiger partial charge in [0, 0.05) is 44.1 Å². The molecule has 0 aliphatic carbocycles. The zero-order valence-corrected chi connectivity index (χ0v) is 18.4. The molecule has 0 amide bonds. The van der Waals surface area contributed by atoms with Crippen LogP contribution in [0.25, 0.3) is 22.3 Å². The molecule has 3 aromatic rings. The van der Waals surface area contributed by atoms with Crippen molar-refractivity contribution in [2.45, 2.75) is 26.8 Å². The number of anilines is 1. The molecule has 0 aromatic carbocycles. The molecule has 0 atom stereocenters. The van der Waals surface area contributed by atoms with Gasteiger partial charge in [-0.3, -0.25) is 9.78 Å². The number of fused-ring (bicyclic) bond motifs is 1. The Morgan fingerprint density at radius 1 is 1.10 bits per heavy atom. The maximum atomic E-state index is 13.2. The van der Waals surface area contributed by atoms with E-state index in [1.165, 1.54) is 0 Å². The molecule has 0 saturated carbocycles. The van der Waals surface area contributed by atoms with Crippen molar-refractivity contribution < 1.29 is 9.47 Å². The van der Waals surface area contributed by atoms with Gasteiger partial charge in [0.15, 0.2) is 5.82 Å². The van der Waals surface area contributed by atoms with Gasteiger partial charge in [-0.2, -0.15) is 0 Å². The van der Waals surface area contributed by atoms with Gasteiger partial charge in [0.05, 0.1) is 31.1 Å². The summed E-state index contributed by atoms with van der Waals surface area (Å²) < 4.78 is 12.5. The third-order valence-corrected chi connectivity index (χ3v) is 4.73. The first-order chi connectivity index (χ1) is 15.2. The quantitative estimate of drug-likeness (QED) is 0.425. The lowest BCUT2D eigenvalue weighted by Gasteiger charge is -2.14. The van der Waals surface area contributed by atoms with E-state index < -0.39 is 0 Å². The van der Waals surface area contributed by atoms with Crippen LogP contribution in [0.15, 0.2) is 35.4 Å². The molecule has 3 rings (SSSR count). The van der Waals surface area contributed by atoms with Crippen LogP contribution < -0.4 is 20.9 Å². The van der Waals surface area contributed by atoms with Crippen molar-refractivity contribution in [1.29, 1.82) is 0 Å². The normalized spacial score (nSPS) is 11.1. The lowest BCUT2D eigenvalue weighted by atomic mass is 10.2. The van der Waals surface area contributed by atoms with Crippen LogP contribution >= 0.6 is 0 Å². The molecular formula is C22H30N6O3. The van der Waals surface area contributed by atoms with Crippen LogP contribution in [0.1, 0.15) is 20.3 Å². The van der Waals surface area contributed by atoms with Gasteiger partial charge in [-0.15, -0.1) is 0 Å². The van der Waals surface area contributed by atoms with Crippen LogP contribution in [0.4, 0.5) is 5.82 Å². The highest BCUT2D eigenvalue weighted by Crippen LogP contribution is 2.22. The largest absolute Gasteiger partial charge is 0.481 e. The zero-order chi connectivity index (χ0) is 22.1. The van der Waals surface area contributed by atoms with Gasteiger partial charge in [-0.1, -0.05) is 13.8 Å². The summed E-state index contributed by atoms with van der Waals surface area (Å²) in [7, 11) is 1.57. The van der Waals surface area contributed by atoms with Gasteiger partial charge >= 0.3 is 0 Å². The van der Waals surface area contributed by atoms with E-state index in [1.807, 2.05) is 19.1 Å². The SMILES string of the molecule is CCCOCCn1c(=O)c(NCCNCC)nc2cnc(-c3ccc(OC)nc3)cc21. The van der Waals surface area contributed by atoms with Gasteiger partial charge in [0.1, 0.15) is 5.52 Å². The minimum atomic E-state index is -0.172. The Morgan fingerprint density at radius 2 is 1.97 bits per heavy atom. The second-order valence-electron chi connectivity index (χ2n) is 6.96. The second-order valence-corrected chi connectivity index (χ2v) is 6.96. The van der Waals surface area contributed by atoms with E-state index >= 15 is 0 Å². The average molecular weight is 427 g/mol. The summed E-state index contributed by atoms with van der Waals surface area (Å²) in [6.45, 7) is 7.87. The molecule has 2 N–H and O–H groups in total. The van der Waals surface area contributed by atoms with Crippen LogP contribution in [0.5, 0.6) is 5.88 Å². The molecular weight excluding hydrogens is 396 g/mol. The van der Waals surface area contributed by atoms with E-state index in [0.29, 0.717) is 54.7 Å². The Hall–Kier alpha value is -3.04. The van der Waals surface area contributed by atoms with Gasteiger partial charge < -0.3 is 24.7 Å². The topological polar surface area (TPSA) is 103 Å². The Bertz CT molecular complexity index is 1040. The first-order valence-corrected chi connectivity index (χ1v) is 10.6. The Kier molecular flexibility index (Phi) is 8.31. The van der Waals surface area contributed by atoms with Crippen molar-refractivity contribution in [3.05, 3.63) is 40.9 Å².